The third kappa shape index (κ3) is 3.21. The number of hydrogen-bond donors (Lipinski definition) is 3. The number of nitrogen functional groups attached to an aromatic ring is 1. The first-order valence-corrected chi connectivity index (χ1v) is 7.63. The molecule has 7 heteroatoms. The highest BCUT2D eigenvalue weighted by atomic mass is 32.2. The van der Waals surface area contributed by atoms with Crippen molar-refractivity contribution in [2.24, 2.45) is 5.84 Å². The predicted molar refractivity (Wildman–Crippen MR) is 76.6 cm³/mol. The van der Waals surface area contributed by atoms with E-state index in [9.17, 15) is 13.6 Å². The zero-order valence-corrected chi connectivity index (χ0v) is 11.9. The molecule has 0 spiro atoms. The highest BCUT2D eigenvalue weighted by Gasteiger charge is 2.26. The number of rotatable bonds is 4. The summed E-state index contributed by atoms with van der Waals surface area (Å²) in [4.78, 5) is 12.0. The van der Waals surface area contributed by atoms with Crippen molar-refractivity contribution in [2.45, 2.75) is 30.6 Å². The van der Waals surface area contributed by atoms with Gasteiger partial charge in [-0.2, -0.15) is 11.8 Å². The van der Waals surface area contributed by atoms with Crippen LogP contribution in [0.15, 0.2) is 12.1 Å². The first kappa shape index (κ1) is 15.1. The van der Waals surface area contributed by atoms with Gasteiger partial charge >= 0.3 is 0 Å². The summed E-state index contributed by atoms with van der Waals surface area (Å²) in [6, 6.07) is 2.03. The second kappa shape index (κ2) is 6.41. The molecule has 1 amide bonds. The highest BCUT2D eigenvalue weighted by molar-refractivity contribution is 7.99. The lowest BCUT2D eigenvalue weighted by atomic mass is 10.1. The summed E-state index contributed by atoms with van der Waals surface area (Å²) in [6.07, 6.45) is 4.87. The first-order valence-electron chi connectivity index (χ1n) is 6.34. The van der Waals surface area contributed by atoms with Crippen LogP contribution in [0.1, 0.15) is 29.6 Å². The minimum atomic E-state index is -0.883. The summed E-state index contributed by atoms with van der Waals surface area (Å²) in [7, 11) is 0. The number of amides is 1. The fourth-order valence-corrected chi connectivity index (χ4v) is 3.19. The largest absolute Gasteiger partial charge is 0.349 e. The highest BCUT2D eigenvalue weighted by Crippen LogP contribution is 2.28. The van der Waals surface area contributed by atoms with Crippen molar-refractivity contribution in [3.05, 3.63) is 29.3 Å². The minimum Gasteiger partial charge on any atom is -0.349 e. The van der Waals surface area contributed by atoms with Gasteiger partial charge < -0.3 is 10.7 Å². The Morgan fingerprint density at radius 1 is 1.35 bits per heavy atom. The molecule has 1 aliphatic rings. The van der Waals surface area contributed by atoms with E-state index in [1.165, 1.54) is 0 Å². The van der Waals surface area contributed by atoms with Crippen LogP contribution >= 0.6 is 11.8 Å². The monoisotopic (exact) mass is 301 g/mol. The van der Waals surface area contributed by atoms with Gasteiger partial charge in [-0.05, 0) is 37.7 Å². The number of halogens is 2. The van der Waals surface area contributed by atoms with Crippen LogP contribution in [0.3, 0.4) is 0 Å². The van der Waals surface area contributed by atoms with Gasteiger partial charge in [-0.25, -0.2) is 8.78 Å². The molecule has 0 aromatic heterocycles. The molecular weight excluding hydrogens is 284 g/mol. The molecule has 110 valence electrons. The quantitative estimate of drug-likeness (QED) is 0.589. The summed E-state index contributed by atoms with van der Waals surface area (Å²) in [5.41, 5.74) is 1.46. The molecule has 1 fully saturated rings. The van der Waals surface area contributed by atoms with Crippen molar-refractivity contribution in [3.63, 3.8) is 0 Å². The Morgan fingerprint density at radius 3 is 2.50 bits per heavy atom. The van der Waals surface area contributed by atoms with Crippen molar-refractivity contribution in [1.82, 2.24) is 5.32 Å². The molecule has 2 atom stereocenters. The lowest BCUT2D eigenvalue weighted by Gasteiger charge is -2.13. The number of thioether (sulfide) groups is 1. The Labute approximate surface area is 120 Å². The number of anilines is 1. The van der Waals surface area contributed by atoms with E-state index in [0.29, 0.717) is 5.25 Å². The third-order valence-electron chi connectivity index (χ3n) is 3.50. The molecular formula is C13H17F2N3OS. The average Bonchev–Trinajstić information content (AvgIpc) is 2.86. The Bertz CT molecular complexity index is 489. The molecule has 1 aromatic rings. The molecule has 0 aliphatic heterocycles. The average molecular weight is 301 g/mol. The first-order chi connectivity index (χ1) is 9.55. The smallest absolute Gasteiger partial charge is 0.251 e. The summed E-state index contributed by atoms with van der Waals surface area (Å²) < 4.78 is 27.1. The minimum absolute atomic E-state index is 0.0356. The van der Waals surface area contributed by atoms with E-state index in [1.54, 1.807) is 11.8 Å². The molecule has 4 nitrogen and oxygen atoms in total. The van der Waals surface area contributed by atoms with Crippen LogP contribution in [0.5, 0.6) is 0 Å². The van der Waals surface area contributed by atoms with Gasteiger partial charge in [0.25, 0.3) is 5.91 Å². The van der Waals surface area contributed by atoms with E-state index in [-0.39, 0.29) is 11.6 Å². The second-order valence-electron chi connectivity index (χ2n) is 4.80. The maximum atomic E-state index is 13.5. The van der Waals surface area contributed by atoms with Gasteiger partial charge in [-0.3, -0.25) is 10.6 Å². The summed E-state index contributed by atoms with van der Waals surface area (Å²) in [6.45, 7) is 0. The van der Waals surface area contributed by atoms with Crippen LogP contribution in [0.25, 0.3) is 0 Å². The third-order valence-corrected chi connectivity index (χ3v) is 4.60. The fraction of sp³-hybridized carbons (Fsp3) is 0.462. The molecule has 0 bridgehead atoms. The lowest BCUT2D eigenvalue weighted by molar-refractivity contribution is 0.0937. The van der Waals surface area contributed by atoms with Crippen LogP contribution in [0, 0.1) is 11.6 Å². The molecule has 20 heavy (non-hydrogen) atoms. The van der Waals surface area contributed by atoms with E-state index in [4.69, 9.17) is 5.84 Å². The van der Waals surface area contributed by atoms with Crippen molar-refractivity contribution in [1.29, 1.82) is 0 Å². The van der Waals surface area contributed by atoms with Gasteiger partial charge in [0.1, 0.15) is 5.69 Å². The van der Waals surface area contributed by atoms with Gasteiger partial charge in [-0.1, -0.05) is 0 Å². The number of carbonyl (C=O) groups excluding carboxylic acids is 1. The maximum Gasteiger partial charge on any atom is 0.251 e. The molecule has 1 saturated carbocycles. The van der Waals surface area contributed by atoms with Gasteiger partial charge in [-0.15, -0.1) is 0 Å². The molecule has 2 unspecified atom stereocenters. The second-order valence-corrected chi connectivity index (χ2v) is 5.94. The summed E-state index contributed by atoms with van der Waals surface area (Å²) in [5.74, 6) is 2.78. The van der Waals surface area contributed by atoms with Crippen LogP contribution in [-0.2, 0) is 0 Å². The van der Waals surface area contributed by atoms with E-state index >= 15 is 0 Å². The summed E-state index contributed by atoms with van der Waals surface area (Å²) >= 11 is 1.78. The van der Waals surface area contributed by atoms with E-state index in [1.807, 2.05) is 11.7 Å². The molecule has 2 rings (SSSR count). The number of benzene rings is 1. The molecule has 1 aromatic carbocycles. The van der Waals surface area contributed by atoms with Crippen molar-refractivity contribution >= 4 is 23.4 Å². The SMILES string of the molecule is CSC1CCC(NC(=O)c2cc(F)c(NN)c(F)c2)C1. The Hall–Kier alpha value is -1.34. The zero-order valence-electron chi connectivity index (χ0n) is 11.1. The normalized spacial score (nSPS) is 21.8. The van der Waals surface area contributed by atoms with Gasteiger partial charge in [0.2, 0.25) is 0 Å². The van der Waals surface area contributed by atoms with Crippen molar-refractivity contribution in [3.8, 4) is 0 Å². The van der Waals surface area contributed by atoms with Crippen LogP contribution in [0.2, 0.25) is 0 Å². The maximum absolute atomic E-state index is 13.5. The molecule has 0 heterocycles. The van der Waals surface area contributed by atoms with Crippen LogP contribution in [-0.4, -0.2) is 23.5 Å². The number of hydrazine groups is 1. The van der Waals surface area contributed by atoms with Gasteiger partial charge in [0, 0.05) is 16.9 Å². The zero-order chi connectivity index (χ0) is 14.7. The Balaban J connectivity index is 2.06. The standard InChI is InChI=1S/C13H17F2N3OS/c1-20-9-3-2-8(6-9)17-13(19)7-4-10(14)12(18-16)11(15)5-7/h4-5,8-9,18H,2-3,6,16H2,1H3,(H,17,19). The number of nitrogens with two attached hydrogens (primary N) is 1. The molecule has 0 radical (unpaired) electrons. The topological polar surface area (TPSA) is 67.2 Å². The molecule has 1 aliphatic carbocycles. The lowest BCUT2D eigenvalue weighted by Crippen LogP contribution is -2.33. The van der Waals surface area contributed by atoms with E-state index in [0.717, 1.165) is 31.4 Å². The number of nitrogens with one attached hydrogen (secondary N) is 2. The Morgan fingerprint density at radius 2 is 2.00 bits per heavy atom. The van der Waals surface area contributed by atoms with Crippen LogP contribution in [0.4, 0.5) is 14.5 Å². The Kier molecular flexibility index (Phi) is 4.82. The van der Waals surface area contributed by atoms with E-state index < -0.39 is 23.2 Å². The van der Waals surface area contributed by atoms with Crippen molar-refractivity contribution in [2.75, 3.05) is 11.7 Å². The van der Waals surface area contributed by atoms with Crippen LogP contribution < -0.4 is 16.6 Å². The fourth-order valence-electron chi connectivity index (χ4n) is 2.40. The van der Waals surface area contributed by atoms with Gasteiger partial charge in [0.15, 0.2) is 11.6 Å². The van der Waals surface area contributed by atoms with Crippen molar-refractivity contribution < 1.29 is 13.6 Å². The molecule has 0 saturated heterocycles. The van der Waals surface area contributed by atoms with E-state index in [2.05, 4.69) is 5.32 Å². The number of carbonyl (C=O) groups is 1. The summed E-state index contributed by atoms with van der Waals surface area (Å²) in [5, 5.41) is 3.35. The number of hydrogen-bond acceptors (Lipinski definition) is 4. The van der Waals surface area contributed by atoms with Gasteiger partial charge in [0.05, 0.1) is 0 Å². The predicted octanol–water partition coefficient (Wildman–Crippen LogP) is 2.26. The molecule has 4 N–H and O–H groups in total.